The van der Waals surface area contributed by atoms with Gasteiger partial charge in [-0.15, -0.1) is 0 Å². The maximum absolute atomic E-state index is 11.9. The lowest BCUT2D eigenvalue weighted by atomic mass is 9.91. The Bertz CT molecular complexity index is 1130. The van der Waals surface area contributed by atoms with Crippen molar-refractivity contribution in [3.8, 4) is 0 Å². The average Bonchev–Trinajstić information content (AvgIpc) is 3.13. The van der Waals surface area contributed by atoms with Crippen LogP contribution in [0.25, 0.3) is 10.9 Å². The molecule has 1 heterocycles. The molecule has 3 aromatic rings. The van der Waals surface area contributed by atoms with E-state index in [2.05, 4.69) is 41.0 Å². The summed E-state index contributed by atoms with van der Waals surface area (Å²) in [6.45, 7) is 0. The van der Waals surface area contributed by atoms with Crippen LogP contribution in [0.15, 0.2) is 53.7 Å². The van der Waals surface area contributed by atoms with Crippen molar-refractivity contribution in [1.29, 1.82) is 0 Å². The smallest absolute Gasteiger partial charge is 0.306 e. The van der Waals surface area contributed by atoms with Crippen molar-refractivity contribution < 1.29 is 15.1 Å². The molecule has 33 heavy (non-hydrogen) atoms. The van der Waals surface area contributed by atoms with E-state index in [1.165, 1.54) is 35.0 Å². The molecule has 2 aromatic carbocycles. The first-order chi connectivity index (χ1) is 16.1. The molecule has 0 fully saturated rings. The van der Waals surface area contributed by atoms with Crippen molar-refractivity contribution in [2.24, 2.45) is 18.1 Å². The van der Waals surface area contributed by atoms with Gasteiger partial charge in [-0.25, -0.2) is 0 Å². The predicted molar refractivity (Wildman–Crippen MR) is 132 cm³/mol. The second-order valence-corrected chi connectivity index (χ2v) is 9.29. The van der Waals surface area contributed by atoms with Crippen LogP contribution < -0.4 is 0 Å². The van der Waals surface area contributed by atoms with Crippen LogP contribution in [0.3, 0.4) is 0 Å². The van der Waals surface area contributed by atoms with E-state index in [-0.39, 0.29) is 6.42 Å². The maximum Gasteiger partial charge on any atom is 0.306 e. The number of hydrogen-bond acceptors (Lipinski definition) is 3. The van der Waals surface area contributed by atoms with Crippen molar-refractivity contribution in [3.05, 3.63) is 70.9 Å². The molecular weight excluding hydrogens is 412 g/mol. The normalized spacial score (nSPS) is 14.9. The zero-order valence-electron chi connectivity index (χ0n) is 19.5. The molecule has 1 atom stereocenters. The van der Waals surface area contributed by atoms with E-state index < -0.39 is 11.9 Å². The van der Waals surface area contributed by atoms with Crippen LogP contribution in [-0.4, -0.2) is 26.6 Å². The molecule has 0 radical (unpaired) electrons. The molecule has 5 heteroatoms. The third-order valence-corrected chi connectivity index (χ3v) is 7.13. The molecule has 1 aromatic heterocycles. The first-order valence-electron chi connectivity index (χ1n) is 12.2. The minimum atomic E-state index is -0.824. The Labute approximate surface area is 195 Å². The number of hydrogen-bond donors (Lipinski definition) is 2. The fraction of sp³-hybridized carbons (Fsp3) is 0.429. The monoisotopic (exact) mass is 446 g/mol. The van der Waals surface area contributed by atoms with Crippen LogP contribution >= 0.6 is 0 Å². The number of aliphatic carboxylic acids is 1. The Morgan fingerprint density at radius 1 is 1.06 bits per heavy atom. The minimum absolute atomic E-state index is 0.236. The molecule has 5 nitrogen and oxygen atoms in total. The number of carboxylic acids is 1. The Morgan fingerprint density at radius 2 is 1.85 bits per heavy atom. The number of aryl methyl sites for hydroxylation is 3. The number of unbranched alkanes of at least 4 members (excludes halogenated alkanes) is 2. The van der Waals surface area contributed by atoms with Crippen LogP contribution in [0.4, 0.5) is 0 Å². The van der Waals surface area contributed by atoms with Gasteiger partial charge < -0.3 is 14.9 Å². The van der Waals surface area contributed by atoms with Crippen LogP contribution in [0.5, 0.6) is 0 Å². The number of fused-ring (bicyclic) bond motifs is 3. The van der Waals surface area contributed by atoms with E-state index in [0.717, 1.165) is 49.6 Å². The van der Waals surface area contributed by atoms with Gasteiger partial charge in [0.05, 0.1) is 11.6 Å². The van der Waals surface area contributed by atoms with E-state index in [0.29, 0.717) is 12.1 Å². The number of nitrogens with zero attached hydrogens (tertiary/aromatic N) is 2. The minimum Gasteiger partial charge on any atom is -0.481 e. The largest absolute Gasteiger partial charge is 0.481 e. The summed E-state index contributed by atoms with van der Waals surface area (Å²) in [4.78, 5) is 11.9. The molecule has 174 valence electrons. The second-order valence-electron chi connectivity index (χ2n) is 9.29. The zero-order valence-corrected chi connectivity index (χ0v) is 19.5. The highest BCUT2D eigenvalue weighted by Crippen LogP contribution is 2.32. The van der Waals surface area contributed by atoms with Crippen molar-refractivity contribution in [3.63, 3.8) is 0 Å². The highest BCUT2D eigenvalue weighted by atomic mass is 16.4. The van der Waals surface area contributed by atoms with E-state index in [4.69, 9.17) is 0 Å². The van der Waals surface area contributed by atoms with Crippen molar-refractivity contribution in [1.82, 2.24) is 4.57 Å². The third-order valence-electron chi connectivity index (χ3n) is 7.13. The summed E-state index contributed by atoms with van der Waals surface area (Å²) in [6.07, 6.45) is 9.39. The fourth-order valence-corrected chi connectivity index (χ4v) is 5.24. The topological polar surface area (TPSA) is 74.8 Å². The third kappa shape index (κ3) is 5.29. The van der Waals surface area contributed by atoms with Gasteiger partial charge in [0.25, 0.3) is 0 Å². The summed E-state index contributed by atoms with van der Waals surface area (Å²) < 4.78 is 2.25. The zero-order chi connectivity index (χ0) is 23.2. The summed E-state index contributed by atoms with van der Waals surface area (Å²) in [5.74, 6) is -1.38. The van der Waals surface area contributed by atoms with E-state index in [1.807, 2.05) is 24.3 Å². The molecule has 0 spiro atoms. The Morgan fingerprint density at radius 3 is 2.61 bits per heavy atom. The van der Waals surface area contributed by atoms with E-state index in [1.54, 1.807) is 0 Å². The number of carbonyl (C=O) groups is 1. The van der Waals surface area contributed by atoms with E-state index in [9.17, 15) is 15.1 Å². The van der Waals surface area contributed by atoms with Crippen LogP contribution in [0.2, 0.25) is 0 Å². The van der Waals surface area contributed by atoms with Gasteiger partial charge in [0.15, 0.2) is 0 Å². The second kappa shape index (κ2) is 10.7. The highest BCUT2D eigenvalue weighted by Gasteiger charge is 2.23. The SMILES string of the molecule is Cn1c2c(c3ccc(C(C[C@@H](CCCCCc4ccccc4)C(=O)O)=NO)cc31)CCCC2. The van der Waals surface area contributed by atoms with Gasteiger partial charge in [0, 0.05) is 35.6 Å². The number of rotatable bonds is 10. The number of aromatic nitrogens is 1. The lowest BCUT2D eigenvalue weighted by Gasteiger charge is -2.14. The summed E-state index contributed by atoms with van der Waals surface area (Å²) >= 11 is 0. The molecule has 0 unspecified atom stereocenters. The quantitative estimate of drug-likeness (QED) is 0.170. The van der Waals surface area contributed by atoms with Crippen LogP contribution in [0, 0.1) is 5.92 Å². The first kappa shape index (κ1) is 23.1. The summed E-state index contributed by atoms with van der Waals surface area (Å²) in [7, 11) is 2.10. The van der Waals surface area contributed by atoms with E-state index >= 15 is 0 Å². The molecular formula is C28H34N2O3. The highest BCUT2D eigenvalue weighted by molar-refractivity contribution is 6.04. The molecule has 1 aliphatic carbocycles. The molecule has 0 saturated heterocycles. The first-order valence-corrected chi connectivity index (χ1v) is 12.2. The van der Waals surface area contributed by atoms with Gasteiger partial charge in [-0.1, -0.05) is 60.5 Å². The van der Waals surface area contributed by atoms with Gasteiger partial charge in [-0.3, -0.25) is 4.79 Å². The Balaban J connectivity index is 1.40. The molecule has 0 bridgehead atoms. The predicted octanol–water partition coefficient (Wildman–Crippen LogP) is 6.13. The molecule has 0 saturated carbocycles. The van der Waals surface area contributed by atoms with Gasteiger partial charge in [0.2, 0.25) is 0 Å². The van der Waals surface area contributed by atoms with Gasteiger partial charge in [-0.05, 0) is 62.1 Å². The van der Waals surface area contributed by atoms with Gasteiger partial charge in [0.1, 0.15) is 0 Å². The fourth-order valence-electron chi connectivity index (χ4n) is 5.24. The molecule has 4 rings (SSSR count). The van der Waals surface area contributed by atoms with Crippen molar-refractivity contribution >= 4 is 22.6 Å². The summed E-state index contributed by atoms with van der Waals surface area (Å²) in [5.41, 5.74) is 6.54. The average molecular weight is 447 g/mol. The lowest BCUT2D eigenvalue weighted by molar-refractivity contribution is -0.141. The van der Waals surface area contributed by atoms with Crippen molar-refractivity contribution in [2.75, 3.05) is 0 Å². The number of carboxylic acid groups (broad SMARTS) is 1. The lowest BCUT2D eigenvalue weighted by Crippen LogP contribution is -2.19. The number of oxime groups is 1. The number of benzene rings is 2. The van der Waals surface area contributed by atoms with Gasteiger partial charge in [-0.2, -0.15) is 0 Å². The molecule has 1 aliphatic rings. The molecule has 2 N–H and O–H groups in total. The van der Waals surface area contributed by atoms with Crippen LogP contribution in [-0.2, 0) is 31.1 Å². The Kier molecular flexibility index (Phi) is 7.48. The standard InChI is InChI=1S/C28H34N2O3/c1-30-26-15-9-8-14-23(26)24-17-16-21(19-27(24)30)25(29-33)18-22(28(31)32)13-7-3-6-12-20-10-4-2-5-11-20/h2,4-5,10-11,16-17,19,22,33H,3,6-9,12-15,18H2,1H3,(H,31,32)/t22-/m1/s1. The van der Waals surface area contributed by atoms with Gasteiger partial charge >= 0.3 is 5.97 Å². The van der Waals surface area contributed by atoms with Crippen LogP contribution in [0.1, 0.15) is 67.3 Å². The summed E-state index contributed by atoms with van der Waals surface area (Å²) in [5, 5.41) is 24.3. The Hall–Kier alpha value is -3.08. The summed E-state index contributed by atoms with van der Waals surface area (Å²) in [6, 6.07) is 16.5. The van der Waals surface area contributed by atoms with Crippen molar-refractivity contribution in [2.45, 2.75) is 64.2 Å². The molecule has 0 aliphatic heterocycles. The maximum atomic E-state index is 11.9. The molecule has 0 amide bonds.